The molecule has 90 valence electrons. The SMILES string of the molecule is CCCC(COCC1CCOC1)NCC. The van der Waals surface area contributed by atoms with Crippen LogP contribution in [0.1, 0.15) is 33.1 Å². The van der Waals surface area contributed by atoms with E-state index in [2.05, 4.69) is 19.2 Å². The first-order valence-electron chi connectivity index (χ1n) is 6.25. The maximum atomic E-state index is 5.74. The van der Waals surface area contributed by atoms with Crippen LogP contribution >= 0.6 is 0 Å². The smallest absolute Gasteiger partial charge is 0.0619 e. The lowest BCUT2D eigenvalue weighted by atomic mass is 10.1. The molecule has 0 bridgehead atoms. The van der Waals surface area contributed by atoms with Crippen molar-refractivity contribution in [1.29, 1.82) is 0 Å². The minimum atomic E-state index is 0.530. The highest BCUT2D eigenvalue weighted by Gasteiger charge is 2.16. The normalized spacial score (nSPS) is 23.2. The van der Waals surface area contributed by atoms with E-state index in [4.69, 9.17) is 9.47 Å². The monoisotopic (exact) mass is 215 g/mol. The van der Waals surface area contributed by atoms with Crippen molar-refractivity contribution >= 4 is 0 Å². The molecular weight excluding hydrogens is 190 g/mol. The van der Waals surface area contributed by atoms with Crippen LogP contribution in [0.4, 0.5) is 0 Å². The zero-order valence-corrected chi connectivity index (χ0v) is 10.1. The Morgan fingerprint density at radius 1 is 1.47 bits per heavy atom. The Labute approximate surface area is 93.5 Å². The van der Waals surface area contributed by atoms with Gasteiger partial charge in [-0.1, -0.05) is 20.3 Å². The maximum absolute atomic E-state index is 5.74. The van der Waals surface area contributed by atoms with E-state index < -0.39 is 0 Å². The molecule has 0 amide bonds. The van der Waals surface area contributed by atoms with E-state index in [0.29, 0.717) is 12.0 Å². The molecule has 3 heteroatoms. The second kappa shape index (κ2) is 8.08. The Morgan fingerprint density at radius 2 is 2.33 bits per heavy atom. The molecule has 3 nitrogen and oxygen atoms in total. The van der Waals surface area contributed by atoms with Crippen LogP contribution in [-0.2, 0) is 9.47 Å². The molecule has 0 spiro atoms. The maximum Gasteiger partial charge on any atom is 0.0619 e. The van der Waals surface area contributed by atoms with Gasteiger partial charge in [-0.05, 0) is 19.4 Å². The number of likely N-dealkylation sites (N-methyl/N-ethyl adjacent to an activating group) is 1. The van der Waals surface area contributed by atoms with Gasteiger partial charge in [-0.15, -0.1) is 0 Å². The lowest BCUT2D eigenvalue weighted by Crippen LogP contribution is -2.33. The summed E-state index contributed by atoms with van der Waals surface area (Å²) in [4.78, 5) is 0. The van der Waals surface area contributed by atoms with E-state index in [-0.39, 0.29) is 0 Å². The second-order valence-corrected chi connectivity index (χ2v) is 4.31. The first-order chi connectivity index (χ1) is 7.36. The Balaban J connectivity index is 2.04. The summed E-state index contributed by atoms with van der Waals surface area (Å²) in [5.41, 5.74) is 0. The molecule has 0 aromatic carbocycles. The molecule has 1 saturated heterocycles. The van der Waals surface area contributed by atoms with Crippen molar-refractivity contribution in [3.8, 4) is 0 Å². The largest absolute Gasteiger partial charge is 0.381 e. The summed E-state index contributed by atoms with van der Waals surface area (Å²) in [6.45, 7) is 8.91. The molecule has 1 aliphatic rings. The van der Waals surface area contributed by atoms with Gasteiger partial charge in [0.2, 0.25) is 0 Å². The molecule has 2 atom stereocenters. The molecule has 1 aliphatic heterocycles. The topological polar surface area (TPSA) is 30.5 Å². The molecule has 2 unspecified atom stereocenters. The highest BCUT2D eigenvalue weighted by Crippen LogP contribution is 2.12. The van der Waals surface area contributed by atoms with Crippen molar-refractivity contribution < 1.29 is 9.47 Å². The van der Waals surface area contributed by atoms with Crippen LogP contribution in [0.3, 0.4) is 0 Å². The molecule has 0 radical (unpaired) electrons. The molecule has 1 fully saturated rings. The summed E-state index contributed by atoms with van der Waals surface area (Å²) in [5, 5.41) is 3.45. The summed E-state index contributed by atoms with van der Waals surface area (Å²) in [6, 6.07) is 0.530. The van der Waals surface area contributed by atoms with Gasteiger partial charge >= 0.3 is 0 Å². The molecule has 1 N–H and O–H groups in total. The standard InChI is InChI=1S/C12H25NO2/c1-3-5-12(13-4-2)10-15-9-11-6-7-14-8-11/h11-13H,3-10H2,1-2H3. The highest BCUT2D eigenvalue weighted by molar-refractivity contribution is 4.66. The Bertz CT molecular complexity index is 141. The summed E-state index contributed by atoms with van der Waals surface area (Å²) >= 11 is 0. The third-order valence-electron chi connectivity index (χ3n) is 2.83. The van der Waals surface area contributed by atoms with E-state index in [1.807, 2.05) is 0 Å². The summed E-state index contributed by atoms with van der Waals surface area (Å²) in [5.74, 6) is 0.633. The van der Waals surface area contributed by atoms with Gasteiger partial charge in [-0.3, -0.25) is 0 Å². The third-order valence-corrected chi connectivity index (χ3v) is 2.83. The van der Waals surface area contributed by atoms with Crippen LogP contribution in [0.2, 0.25) is 0 Å². The average Bonchev–Trinajstić information content (AvgIpc) is 2.71. The summed E-state index contributed by atoms with van der Waals surface area (Å²) < 4.78 is 11.1. The molecule has 0 saturated carbocycles. The Morgan fingerprint density at radius 3 is 2.93 bits per heavy atom. The molecular formula is C12H25NO2. The van der Waals surface area contributed by atoms with Gasteiger partial charge in [0, 0.05) is 18.6 Å². The van der Waals surface area contributed by atoms with Crippen molar-refractivity contribution in [2.75, 3.05) is 33.0 Å². The first kappa shape index (κ1) is 12.9. The van der Waals surface area contributed by atoms with Gasteiger partial charge in [0.25, 0.3) is 0 Å². The van der Waals surface area contributed by atoms with Gasteiger partial charge in [0.1, 0.15) is 0 Å². The number of hydrogen-bond acceptors (Lipinski definition) is 3. The van der Waals surface area contributed by atoms with Crippen molar-refractivity contribution in [2.24, 2.45) is 5.92 Å². The van der Waals surface area contributed by atoms with Gasteiger partial charge in [-0.25, -0.2) is 0 Å². The van der Waals surface area contributed by atoms with E-state index in [1.54, 1.807) is 0 Å². The van der Waals surface area contributed by atoms with Crippen LogP contribution in [0.15, 0.2) is 0 Å². The predicted octanol–water partition coefficient (Wildman–Crippen LogP) is 1.82. The van der Waals surface area contributed by atoms with Crippen LogP contribution in [0.5, 0.6) is 0 Å². The van der Waals surface area contributed by atoms with E-state index in [1.165, 1.54) is 19.3 Å². The van der Waals surface area contributed by atoms with E-state index >= 15 is 0 Å². The zero-order chi connectivity index (χ0) is 10.9. The van der Waals surface area contributed by atoms with Crippen molar-refractivity contribution in [2.45, 2.75) is 39.2 Å². The quantitative estimate of drug-likeness (QED) is 0.670. The minimum Gasteiger partial charge on any atom is -0.381 e. The number of hydrogen-bond donors (Lipinski definition) is 1. The van der Waals surface area contributed by atoms with Crippen molar-refractivity contribution in [1.82, 2.24) is 5.32 Å². The van der Waals surface area contributed by atoms with Gasteiger partial charge in [0.15, 0.2) is 0 Å². The summed E-state index contributed by atoms with van der Waals surface area (Å²) in [6.07, 6.45) is 3.59. The fourth-order valence-corrected chi connectivity index (χ4v) is 1.97. The Hall–Kier alpha value is -0.120. The fraction of sp³-hybridized carbons (Fsp3) is 1.00. The molecule has 0 aromatic heterocycles. The van der Waals surface area contributed by atoms with Gasteiger partial charge in [-0.2, -0.15) is 0 Å². The molecule has 1 heterocycles. The molecule has 1 rings (SSSR count). The van der Waals surface area contributed by atoms with Crippen molar-refractivity contribution in [3.05, 3.63) is 0 Å². The predicted molar refractivity (Wildman–Crippen MR) is 62.1 cm³/mol. The van der Waals surface area contributed by atoms with Crippen molar-refractivity contribution in [3.63, 3.8) is 0 Å². The average molecular weight is 215 g/mol. The van der Waals surface area contributed by atoms with Crippen LogP contribution in [0.25, 0.3) is 0 Å². The second-order valence-electron chi connectivity index (χ2n) is 4.31. The van der Waals surface area contributed by atoms with Crippen LogP contribution in [0, 0.1) is 5.92 Å². The first-order valence-corrected chi connectivity index (χ1v) is 6.25. The summed E-state index contributed by atoms with van der Waals surface area (Å²) in [7, 11) is 0. The lowest BCUT2D eigenvalue weighted by Gasteiger charge is -2.18. The Kier molecular flexibility index (Phi) is 6.98. The van der Waals surface area contributed by atoms with Crippen LogP contribution in [-0.4, -0.2) is 39.0 Å². The lowest BCUT2D eigenvalue weighted by molar-refractivity contribution is 0.0730. The van der Waals surface area contributed by atoms with Gasteiger partial charge < -0.3 is 14.8 Å². The number of rotatable bonds is 8. The molecule has 0 aliphatic carbocycles. The fourth-order valence-electron chi connectivity index (χ4n) is 1.97. The minimum absolute atomic E-state index is 0.530. The number of nitrogens with one attached hydrogen (secondary N) is 1. The van der Waals surface area contributed by atoms with E-state index in [9.17, 15) is 0 Å². The number of ether oxygens (including phenoxy) is 2. The van der Waals surface area contributed by atoms with Crippen LogP contribution < -0.4 is 5.32 Å². The molecule has 0 aromatic rings. The third kappa shape index (κ3) is 5.50. The zero-order valence-electron chi connectivity index (χ0n) is 10.1. The van der Waals surface area contributed by atoms with Gasteiger partial charge in [0.05, 0.1) is 19.8 Å². The molecule has 15 heavy (non-hydrogen) atoms. The highest BCUT2D eigenvalue weighted by atomic mass is 16.5. The van der Waals surface area contributed by atoms with E-state index in [0.717, 1.165) is 33.0 Å².